The van der Waals surface area contributed by atoms with Gasteiger partial charge in [-0.2, -0.15) is 5.26 Å². The first-order valence-electron chi connectivity index (χ1n) is 3.90. The number of carbonyl (C=O) groups excluding carboxylic acids is 1. The Morgan fingerprint density at radius 3 is 2.62 bits per heavy atom. The molecule has 0 aromatic rings. The molecule has 0 aliphatic rings. The Morgan fingerprint density at radius 2 is 2.15 bits per heavy atom. The van der Waals surface area contributed by atoms with Crippen molar-refractivity contribution in [3.05, 3.63) is 0 Å². The first-order valence-corrected chi connectivity index (χ1v) is 3.90. The van der Waals surface area contributed by atoms with Crippen molar-refractivity contribution >= 4 is 5.97 Å². The van der Waals surface area contributed by atoms with Crippen LogP contribution in [0.1, 0.15) is 19.3 Å². The van der Waals surface area contributed by atoms with Gasteiger partial charge in [0.1, 0.15) is 0 Å². The maximum Gasteiger partial charge on any atom is 0.308 e. The maximum atomic E-state index is 10.6. The summed E-state index contributed by atoms with van der Waals surface area (Å²) < 4.78 is 4.32. The van der Waals surface area contributed by atoms with Gasteiger partial charge in [-0.1, -0.05) is 0 Å². The molecule has 0 radical (unpaired) electrons. The third-order valence-corrected chi connectivity index (χ3v) is 1.50. The molecular formula is C8H13NO4. The van der Waals surface area contributed by atoms with Crippen molar-refractivity contribution in [2.24, 2.45) is 0 Å². The van der Waals surface area contributed by atoms with E-state index in [9.17, 15) is 9.90 Å². The summed E-state index contributed by atoms with van der Waals surface area (Å²) in [5.41, 5.74) is 0. The van der Waals surface area contributed by atoms with Gasteiger partial charge in [-0.15, -0.1) is 0 Å². The van der Waals surface area contributed by atoms with Crippen LogP contribution in [0.25, 0.3) is 0 Å². The predicted octanol–water partition coefficient (Wildman–Crippen LogP) is -0.425. The van der Waals surface area contributed by atoms with Gasteiger partial charge in [0, 0.05) is 6.42 Å². The lowest BCUT2D eigenvalue weighted by atomic mass is 10.1. The van der Waals surface area contributed by atoms with Crippen LogP contribution in [0.3, 0.4) is 0 Å². The Kier molecular flexibility index (Phi) is 5.85. The van der Waals surface area contributed by atoms with E-state index in [1.807, 2.05) is 0 Å². The largest absolute Gasteiger partial charge is 0.469 e. The number of aliphatic hydroxyl groups excluding tert-OH is 2. The molecule has 0 rings (SSSR count). The smallest absolute Gasteiger partial charge is 0.308 e. The quantitative estimate of drug-likeness (QED) is 0.570. The highest BCUT2D eigenvalue weighted by Gasteiger charge is 2.15. The summed E-state index contributed by atoms with van der Waals surface area (Å²) in [5.74, 6) is -0.531. The zero-order valence-corrected chi connectivity index (χ0v) is 7.43. The average molecular weight is 187 g/mol. The molecule has 0 aromatic heterocycles. The molecule has 0 bridgehead atoms. The first kappa shape index (κ1) is 11.9. The number of ether oxygens (including phenoxy) is 1. The van der Waals surface area contributed by atoms with Crippen molar-refractivity contribution in [2.75, 3.05) is 7.11 Å². The lowest BCUT2D eigenvalue weighted by Crippen LogP contribution is -2.21. The van der Waals surface area contributed by atoms with Crippen LogP contribution >= 0.6 is 0 Å². The second-order valence-corrected chi connectivity index (χ2v) is 2.69. The van der Waals surface area contributed by atoms with Crippen LogP contribution in [-0.2, 0) is 9.53 Å². The monoisotopic (exact) mass is 187 g/mol. The molecule has 74 valence electrons. The SMILES string of the molecule is COC(=O)CC(O)CC(O)CC#N. The lowest BCUT2D eigenvalue weighted by molar-refractivity contribution is -0.143. The van der Waals surface area contributed by atoms with Gasteiger partial charge in [0.05, 0.1) is 38.2 Å². The van der Waals surface area contributed by atoms with Crippen LogP contribution in [0.4, 0.5) is 0 Å². The van der Waals surface area contributed by atoms with Crippen LogP contribution in [0.5, 0.6) is 0 Å². The summed E-state index contributed by atoms with van der Waals surface area (Å²) in [6, 6.07) is 1.76. The predicted molar refractivity (Wildman–Crippen MR) is 43.5 cm³/mol. The second-order valence-electron chi connectivity index (χ2n) is 2.69. The number of hydrogen-bond donors (Lipinski definition) is 2. The van der Waals surface area contributed by atoms with Crippen molar-refractivity contribution in [1.82, 2.24) is 0 Å². The molecule has 2 atom stereocenters. The van der Waals surface area contributed by atoms with Crippen LogP contribution in [0.2, 0.25) is 0 Å². The molecule has 2 N–H and O–H groups in total. The summed E-state index contributed by atoms with van der Waals surface area (Å²) in [6.45, 7) is 0. The molecule has 0 heterocycles. The van der Waals surface area contributed by atoms with Crippen LogP contribution in [0, 0.1) is 11.3 Å². The normalized spacial score (nSPS) is 14.3. The van der Waals surface area contributed by atoms with Gasteiger partial charge in [-0.25, -0.2) is 0 Å². The average Bonchev–Trinajstić information content (AvgIpc) is 2.04. The standard InChI is InChI=1S/C8H13NO4/c1-13-8(12)5-7(11)4-6(10)2-3-9/h6-7,10-11H,2,4-5H2,1H3. The number of nitriles is 1. The molecule has 13 heavy (non-hydrogen) atoms. The van der Waals surface area contributed by atoms with E-state index in [0.717, 1.165) is 0 Å². The fraction of sp³-hybridized carbons (Fsp3) is 0.750. The minimum atomic E-state index is -0.948. The molecule has 0 spiro atoms. The molecule has 5 nitrogen and oxygen atoms in total. The minimum absolute atomic E-state index is 0.0165. The molecule has 0 saturated heterocycles. The first-order chi connectivity index (χ1) is 6.10. The van der Waals surface area contributed by atoms with Crippen molar-refractivity contribution in [2.45, 2.75) is 31.5 Å². The molecule has 2 unspecified atom stereocenters. The summed E-state index contributed by atoms with van der Waals surface area (Å²) in [4.78, 5) is 10.6. The van der Waals surface area contributed by atoms with E-state index in [1.165, 1.54) is 7.11 Å². The van der Waals surface area contributed by atoms with Gasteiger partial charge in [-0.3, -0.25) is 4.79 Å². The molecule has 0 saturated carbocycles. The van der Waals surface area contributed by atoms with Crippen molar-refractivity contribution < 1.29 is 19.7 Å². The summed E-state index contributed by atoms with van der Waals surface area (Å²) in [6.07, 6.45) is -2.01. The summed E-state index contributed by atoms with van der Waals surface area (Å²) in [5, 5.41) is 26.4. The van der Waals surface area contributed by atoms with E-state index in [-0.39, 0.29) is 19.3 Å². The minimum Gasteiger partial charge on any atom is -0.469 e. The molecule has 0 amide bonds. The summed E-state index contributed by atoms with van der Waals surface area (Å²) in [7, 11) is 1.22. The zero-order valence-electron chi connectivity index (χ0n) is 7.43. The van der Waals surface area contributed by atoms with E-state index < -0.39 is 18.2 Å². The molecule has 0 aliphatic heterocycles. The highest BCUT2D eigenvalue weighted by Crippen LogP contribution is 2.05. The Labute approximate surface area is 76.5 Å². The second kappa shape index (κ2) is 6.40. The van der Waals surface area contributed by atoms with Gasteiger partial charge >= 0.3 is 5.97 Å². The summed E-state index contributed by atoms with van der Waals surface area (Å²) >= 11 is 0. The van der Waals surface area contributed by atoms with Crippen molar-refractivity contribution in [1.29, 1.82) is 5.26 Å². The number of methoxy groups -OCH3 is 1. The maximum absolute atomic E-state index is 10.6. The van der Waals surface area contributed by atoms with Gasteiger partial charge in [-0.05, 0) is 0 Å². The van der Waals surface area contributed by atoms with E-state index in [2.05, 4.69) is 4.74 Å². The fourth-order valence-corrected chi connectivity index (χ4v) is 0.862. The number of carbonyl (C=O) groups is 1. The number of aliphatic hydroxyl groups is 2. The van der Waals surface area contributed by atoms with Gasteiger partial charge < -0.3 is 14.9 Å². The van der Waals surface area contributed by atoms with Crippen molar-refractivity contribution in [3.8, 4) is 6.07 Å². The van der Waals surface area contributed by atoms with Crippen LogP contribution < -0.4 is 0 Å². The number of rotatable bonds is 5. The van der Waals surface area contributed by atoms with E-state index >= 15 is 0 Å². The molecule has 0 aliphatic carbocycles. The Hall–Kier alpha value is -1.12. The van der Waals surface area contributed by atoms with Gasteiger partial charge in [0.25, 0.3) is 0 Å². The van der Waals surface area contributed by atoms with Gasteiger partial charge in [0.2, 0.25) is 0 Å². The third kappa shape index (κ3) is 6.08. The number of nitrogens with zero attached hydrogens (tertiary/aromatic N) is 1. The molecule has 0 aromatic carbocycles. The molecular weight excluding hydrogens is 174 g/mol. The Bertz CT molecular complexity index is 199. The number of hydrogen-bond acceptors (Lipinski definition) is 5. The lowest BCUT2D eigenvalue weighted by Gasteiger charge is -2.11. The third-order valence-electron chi connectivity index (χ3n) is 1.50. The van der Waals surface area contributed by atoms with Crippen LogP contribution in [0.15, 0.2) is 0 Å². The van der Waals surface area contributed by atoms with E-state index in [4.69, 9.17) is 10.4 Å². The molecule has 0 fully saturated rings. The van der Waals surface area contributed by atoms with Crippen LogP contribution in [-0.4, -0.2) is 35.5 Å². The highest BCUT2D eigenvalue weighted by molar-refractivity contribution is 5.69. The zero-order chi connectivity index (χ0) is 10.3. The highest BCUT2D eigenvalue weighted by atomic mass is 16.5. The van der Waals surface area contributed by atoms with E-state index in [1.54, 1.807) is 6.07 Å². The molecule has 5 heteroatoms. The van der Waals surface area contributed by atoms with Crippen molar-refractivity contribution in [3.63, 3.8) is 0 Å². The number of esters is 1. The topological polar surface area (TPSA) is 90.6 Å². The Balaban J connectivity index is 3.68. The Morgan fingerprint density at radius 1 is 1.54 bits per heavy atom. The van der Waals surface area contributed by atoms with E-state index in [0.29, 0.717) is 0 Å². The fourth-order valence-electron chi connectivity index (χ4n) is 0.862. The van der Waals surface area contributed by atoms with Gasteiger partial charge in [0.15, 0.2) is 0 Å².